The summed E-state index contributed by atoms with van der Waals surface area (Å²) >= 11 is 0. The molecule has 1 unspecified atom stereocenters. The van der Waals surface area contributed by atoms with E-state index in [0.29, 0.717) is 5.76 Å². The van der Waals surface area contributed by atoms with Gasteiger partial charge in [-0.25, -0.2) is 0 Å². The molecule has 0 radical (unpaired) electrons. The number of aromatic hydroxyl groups is 1. The average molecular weight is 189 g/mol. The van der Waals surface area contributed by atoms with Gasteiger partial charge in [-0.2, -0.15) is 0 Å². The lowest BCUT2D eigenvalue weighted by Gasteiger charge is -1.98. The highest BCUT2D eigenvalue weighted by atomic mass is 16.3. The standard InChI is InChI=1S/C11H11NO2/c1-2-9(12)11-6-7-5-8(13)3-4-10(7)14-11/h2-6,9,13H,1,12H2. The number of nitrogens with two attached hydrogens (primary N) is 1. The summed E-state index contributed by atoms with van der Waals surface area (Å²) in [6.07, 6.45) is 1.61. The van der Waals surface area contributed by atoms with E-state index in [9.17, 15) is 5.11 Å². The summed E-state index contributed by atoms with van der Waals surface area (Å²) in [5, 5.41) is 10.1. The Morgan fingerprint density at radius 2 is 2.21 bits per heavy atom. The van der Waals surface area contributed by atoms with Crippen LogP contribution in [0.5, 0.6) is 5.75 Å². The zero-order valence-corrected chi connectivity index (χ0v) is 7.60. The molecule has 2 rings (SSSR count). The van der Waals surface area contributed by atoms with E-state index in [1.165, 1.54) is 0 Å². The van der Waals surface area contributed by atoms with Crippen molar-refractivity contribution in [3.63, 3.8) is 0 Å². The highest BCUT2D eigenvalue weighted by Gasteiger charge is 2.08. The zero-order chi connectivity index (χ0) is 10.1. The van der Waals surface area contributed by atoms with Crippen LogP contribution in [-0.2, 0) is 0 Å². The molecule has 0 aliphatic heterocycles. The minimum atomic E-state index is -0.301. The predicted molar refractivity (Wildman–Crippen MR) is 55.0 cm³/mol. The molecule has 1 aromatic heterocycles. The van der Waals surface area contributed by atoms with Crippen LogP contribution >= 0.6 is 0 Å². The monoisotopic (exact) mass is 189 g/mol. The molecule has 72 valence electrons. The number of hydrogen-bond acceptors (Lipinski definition) is 3. The van der Waals surface area contributed by atoms with Crippen molar-refractivity contribution in [1.29, 1.82) is 0 Å². The van der Waals surface area contributed by atoms with Crippen molar-refractivity contribution in [1.82, 2.24) is 0 Å². The van der Waals surface area contributed by atoms with Crippen LogP contribution in [0.2, 0.25) is 0 Å². The maximum atomic E-state index is 9.24. The molecule has 1 atom stereocenters. The van der Waals surface area contributed by atoms with Crippen molar-refractivity contribution in [2.75, 3.05) is 0 Å². The number of hydrogen-bond donors (Lipinski definition) is 2. The second kappa shape index (κ2) is 3.20. The molecule has 0 spiro atoms. The van der Waals surface area contributed by atoms with Crippen LogP contribution < -0.4 is 5.73 Å². The molecule has 1 heterocycles. The fraction of sp³-hybridized carbons (Fsp3) is 0.0909. The smallest absolute Gasteiger partial charge is 0.134 e. The van der Waals surface area contributed by atoms with E-state index >= 15 is 0 Å². The van der Waals surface area contributed by atoms with Gasteiger partial charge in [0.05, 0.1) is 6.04 Å². The maximum Gasteiger partial charge on any atom is 0.134 e. The summed E-state index contributed by atoms with van der Waals surface area (Å²) in [6, 6.07) is 6.43. The van der Waals surface area contributed by atoms with Gasteiger partial charge in [0, 0.05) is 5.39 Å². The van der Waals surface area contributed by atoms with Gasteiger partial charge in [0.2, 0.25) is 0 Å². The van der Waals surface area contributed by atoms with Crippen LogP contribution in [0.1, 0.15) is 11.8 Å². The molecule has 2 aromatic rings. The SMILES string of the molecule is C=CC(N)c1cc2cc(O)ccc2o1. The summed E-state index contributed by atoms with van der Waals surface area (Å²) in [7, 11) is 0. The lowest BCUT2D eigenvalue weighted by atomic mass is 10.2. The molecule has 14 heavy (non-hydrogen) atoms. The first-order valence-corrected chi connectivity index (χ1v) is 4.31. The number of fused-ring (bicyclic) bond motifs is 1. The Bertz CT molecular complexity index is 473. The van der Waals surface area contributed by atoms with E-state index in [0.717, 1.165) is 11.0 Å². The van der Waals surface area contributed by atoms with E-state index in [1.54, 1.807) is 30.3 Å². The van der Waals surface area contributed by atoms with Crippen molar-refractivity contribution >= 4 is 11.0 Å². The second-order valence-corrected chi connectivity index (χ2v) is 3.13. The van der Waals surface area contributed by atoms with Crippen molar-refractivity contribution < 1.29 is 9.52 Å². The van der Waals surface area contributed by atoms with Crippen molar-refractivity contribution in [2.45, 2.75) is 6.04 Å². The zero-order valence-electron chi connectivity index (χ0n) is 7.60. The van der Waals surface area contributed by atoms with Crippen LogP contribution in [0.15, 0.2) is 41.3 Å². The molecular weight excluding hydrogens is 178 g/mol. The molecule has 3 N–H and O–H groups in total. The third-order valence-corrected chi connectivity index (χ3v) is 2.10. The molecule has 1 aromatic carbocycles. The molecule has 0 amide bonds. The van der Waals surface area contributed by atoms with Crippen LogP contribution in [-0.4, -0.2) is 5.11 Å². The quantitative estimate of drug-likeness (QED) is 0.713. The number of phenolic OH excluding ortho intramolecular Hbond substituents is 1. The van der Waals surface area contributed by atoms with Gasteiger partial charge >= 0.3 is 0 Å². The number of furan rings is 1. The minimum Gasteiger partial charge on any atom is -0.508 e. The topological polar surface area (TPSA) is 59.4 Å². The number of rotatable bonds is 2. The third kappa shape index (κ3) is 1.38. The lowest BCUT2D eigenvalue weighted by Crippen LogP contribution is -2.04. The molecule has 0 saturated carbocycles. The number of phenols is 1. The van der Waals surface area contributed by atoms with Gasteiger partial charge in [-0.15, -0.1) is 6.58 Å². The first-order valence-electron chi connectivity index (χ1n) is 4.31. The molecule has 0 bridgehead atoms. The summed E-state index contributed by atoms with van der Waals surface area (Å²) in [4.78, 5) is 0. The Labute approximate surface area is 81.4 Å². The Hall–Kier alpha value is -1.74. The van der Waals surface area contributed by atoms with E-state index in [2.05, 4.69) is 6.58 Å². The minimum absolute atomic E-state index is 0.219. The van der Waals surface area contributed by atoms with Gasteiger partial charge in [-0.3, -0.25) is 0 Å². The number of benzene rings is 1. The Kier molecular flexibility index (Phi) is 2.02. The van der Waals surface area contributed by atoms with Crippen molar-refractivity contribution in [3.05, 3.63) is 42.7 Å². The Morgan fingerprint density at radius 3 is 2.93 bits per heavy atom. The molecule has 0 saturated heterocycles. The van der Waals surface area contributed by atoms with E-state index in [-0.39, 0.29) is 11.8 Å². The molecule has 0 fully saturated rings. The highest BCUT2D eigenvalue weighted by Crippen LogP contribution is 2.26. The fourth-order valence-corrected chi connectivity index (χ4v) is 1.33. The lowest BCUT2D eigenvalue weighted by molar-refractivity contribution is 0.475. The van der Waals surface area contributed by atoms with Gasteiger partial charge < -0.3 is 15.3 Å². The average Bonchev–Trinajstić information content (AvgIpc) is 2.59. The first kappa shape index (κ1) is 8.84. The summed E-state index contributed by atoms with van der Waals surface area (Å²) in [5.41, 5.74) is 6.44. The van der Waals surface area contributed by atoms with Gasteiger partial charge in [-0.1, -0.05) is 6.08 Å². The van der Waals surface area contributed by atoms with Crippen LogP contribution in [0, 0.1) is 0 Å². The van der Waals surface area contributed by atoms with Crippen LogP contribution in [0.25, 0.3) is 11.0 Å². The maximum absolute atomic E-state index is 9.24. The highest BCUT2D eigenvalue weighted by molar-refractivity contribution is 5.79. The van der Waals surface area contributed by atoms with Gasteiger partial charge in [0.25, 0.3) is 0 Å². The second-order valence-electron chi connectivity index (χ2n) is 3.13. The van der Waals surface area contributed by atoms with Crippen molar-refractivity contribution in [3.8, 4) is 5.75 Å². The van der Waals surface area contributed by atoms with E-state index in [4.69, 9.17) is 10.2 Å². The van der Waals surface area contributed by atoms with Crippen LogP contribution in [0.4, 0.5) is 0 Å². The summed E-state index contributed by atoms with van der Waals surface area (Å²) < 4.78 is 5.47. The largest absolute Gasteiger partial charge is 0.508 e. The van der Waals surface area contributed by atoms with Gasteiger partial charge in [0.1, 0.15) is 17.1 Å². The molecule has 3 heteroatoms. The van der Waals surface area contributed by atoms with Crippen LogP contribution in [0.3, 0.4) is 0 Å². The molecule has 3 nitrogen and oxygen atoms in total. The predicted octanol–water partition coefficient (Wildman–Crippen LogP) is 2.32. The molecular formula is C11H11NO2. The fourth-order valence-electron chi connectivity index (χ4n) is 1.33. The van der Waals surface area contributed by atoms with E-state index < -0.39 is 0 Å². The Morgan fingerprint density at radius 1 is 1.43 bits per heavy atom. The van der Waals surface area contributed by atoms with Gasteiger partial charge in [-0.05, 0) is 24.3 Å². The normalized spacial score (nSPS) is 12.9. The summed E-state index contributed by atoms with van der Waals surface area (Å²) in [5.74, 6) is 0.873. The van der Waals surface area contributed by atoms with Gasteiger partial charge in [0.15, 0.2) is 0 Å². The third-order valence-electron chi connectivity index (χ3n) is 2.10. The molecule has 0 aliphatic carbocycles. The van der Waals surface area contributed by atoms with E-state index in [1.807, 2.05) is 0 Å². The molecule has 0 aliphatic rings. The van der Waals surface area contributed by atoms with Crippen molar-refractivity contribution in [2.24, 2.45) is 5.73 Å². The summed E-state index contributed by atoms with van der Waals surface area (Å²) in [6.45, 7) is 3.59. The Balaban J connectivity index is 2.56. The first-order chi connectivity index (χ1) is 6.70.